The zero-order valence-electron chi connectivity index (χ0n) is 13.8. The Morgan fingerprint density at radius 1 is 1.36 bits per heavy atom. The first-order chi connectivity index (χ1) is 10.6. The molecule has 0 aliphatic carbocycles. The largest absolute Gasteiger partial charge is 0.467 e. The number of nitrogens with zero attached hydrogens (tertiary/aromatic N) is 2. The summed E-state index contributed by atoms with van der Waals surface area (Å²) in [4.78, 5) is 12.2. The first-order valence-corrected chi connectivity index (χ1v) is 7.90. The molecule has 0 aromatic carbocycles. The molecular weight excluding hydrogens is 278 g/mol. The highest BCUT2D eigenvalue weighted by Gasteiger charge is 2.22. The number of aromatic nitrogens is 2. The van der Waals surface area contributed by atoms with Crippen LogP contribution in [0.25, 0.3) is 0 Å². The standard InChI is InChI=1S/C17H25N3O2/c1-5-14(6-2)17(21)18-11-15(16-8-7-9-22-16)20-13(4)10-12(3)19-20/h7-10,14-15H,5-6,11H2,1-4H3,(H,18,21). The molecule has 0 saturated heterocycles. The topological polar surface area (TPSA) is 60.1 Å². The van der Waals surface area contributed by atoms with Crippen molar-refractivity contribution >= 4 is 5.91 Å². The fourth-order valence-electron chi connectivity index (χ4n) is 2.75. The van der Waals surface area contributed by atoms with E-state index in [1.807, 2.05) is 50.6 Å². The number of nitrogens with one attached hydrogen (secondary N) is 1. The average molecular weight is 303 g/mol. The van der Waals surface area contributed by atoms with Gasteiger partial charge in [-0.1, -0.05) is 13.8 Å². The van der Waals surface area contributed by atoms with Crippen LogP contribution in [0.15, 0.2) is 28.9 Å². The Morgan fingerprint density at radius 3 is 2.59 bits per heavy atom. The van der Waals surface area contributed by atoms with Crippen molar-refractivity contribution in [3.05, 3.63) is 41.6 Å². The van der Waals surface area contributed by atoms with Crippen LogP contribution < -0.4 is 5.32 Å². The van der Waals surface area contributed by atoms with Gasteiger partial charge in [-0.25, -0.2) is 0 Å². The summed E-state index contributed by atoms with van der Waals surface area (Å²) < 4.78 is 7.47. The minimum absolute atomic E-state index is 0.0673. The van der Waals surface area contributed by atoms with Gasteiger partial charge in [0.2, 0.25) is 5.91 Å². The molecule has 0 aliphatic rings. The molecule has 22 heavy (non-hydrogen) atoms. The SMILES string of the molecule is CCC(CC)C(=O)NCC(c1ccco1)n1nc(C)cc1C. The van der Waals surface area contributed by atoms with E-state index in [4.69, 9.17) is 4.42 Å². The summed E-state index contributed by atoms with van der Waals surface area (Å²) in [7, 11) is 0. The van der Waals surface area contributed by atoms with Gasteiger partial charge in [0, 0.05) is 18.2 Å². The van der Waals surface area contributed by atoms with Gasteiger partial charge in [0.1, 0.15) is 11.8 Å². The van der Waals surface area contributed by atoms with Gasteiger partial charge < -0.3 is 9.73 Å². The van der Waals surface area contributed by atoms with Gasteiger partial charge in [-0.2, -0.15) is 5.10 Å². The molecule has 5 heteroatoms. The van der Waals surface area contributed by atoms with Crippen molar-refractivity contribution in [3.8, 4) is 0 Å². The third kappa shape index (κ3) is 3.59. The van der Waals surface area contributed by atoms with Gasteiger partial charge in [-0.05, 0) is 44.9 Å². The maximum Gasteiger partial charge on any atom is 0.223 e. The molecule has 1 amide bonds. The number of hydrogen-bond donors (Lipinski definition) is 1. The Morgan fingerprint density at radius 2 is 2.09 bits per heavy atom. The lowest BCUT2D eigenvalue weighted by molar-refractivity contribution is -0.125. The van der Waals surface area contributed by atoms with Gasteiger partial charge in [0.05, 0.1) is 12.0 Å². The van der Waals surface area contributed by atoms with Crippen LogP contribution in [-0.4, -0.2) is 22.2 Å². The number of furan rings is 1. The van der Waals surface area contributed by atoms with Gasteiger partial charge in [-0.15, -0.1) is 0 Å². The molecule has 2 aromatic rings. The molecule has 0 bridgehead atoms. The van der Waals surface area contributed by atoms with E-state index in [1.54, 1.807) is 6.26 Å². The zero-order chi connectivity index (χ0) is 16.1. The molecule has 0 spiro atoms. The summed E-state index contributed by atoms with van der Waals surface area (Å²) in [5.41, 5.74) is 2.01. The first-order valence-electron chi connectivity index (χ1n) is 7.90. The monoisotopic (exact) mass is 303 g/mol. The number of carbonyl (C=O) groups excluding carboxylic acids is 1. The minimum atomic E-state index is -0.123. The molecule has 1 atom stereocenters. The van der Waals surface area contributed by atoms with Crippen LogP contribution >= 0.6 is 0 Å². The van der Waals surface area contributed by atoms with E-state index in [9.17, 15) is 4.79 Å². The number of aryl methyl sites for hydroxylation is 2. The molecular formula is C17H25N3O2. The molecule has 1 unspecified atom stereocenters. The normalized spacial score (nSPS) is 12.6. The molecule has 0 fully saturated rings. The van der Waals surface area contributed by atoms with Crippen LogP contribution in [0.1, 0.15) is 49.9 Å². The van der Waals surface area contributed by atoms with E-state index in [0.717, 1.165) is 30.0 Å². The maximum atomic E-state index is 12.2. The minimum Gasteiger partial charge on any atom is -0.467 e. The van der Waals surface area contributed by atoms with Crippen molar-refractivity contribution in [1.29, 1.82) is 0 Å². The maximum absolute atomic E-state index is 12.2. The Balaban J connectivity index is 2.17. The zero-order valence-corrected chi connectivity index (χ0v) is 13.8. The second-order valence-electron chi connectivity index (χ2n) is 5.66. The van der Waals surface area contributed by atoms with Crippen LogP contribution in [0.3, 0.4) is 0 Å². The third-order valence-corrected chi connectivity index (χ3v) is 4.04. The van der Waals surface area contributed by atoms with E-state index >= 15 is 0 Å². The summed E-state index contributed by atoms with van der Waals surface area (Å²) in [6.45, 7) is 8.53. The lowest BCUT2D eigenvalue weighted by Crippen LogP contribution is -2.35. The molecule has 1 N–H and O–H groups in total. The lowest BCUT2D eigenvalue weighted by Gasteiger charge is -2.20. The van der Waals surface area contributed by atoms with Crippen molar-refractivity contribution < 1.29 is 9.21 Å². The van der Waals surface area contributed by atoms with Crippen molar-refractivity contribution in [3.63, 3.8) is 0 Å². The Labute approximate surface area is 131 Å². The summed E-state index contributed by atoms with van der Waals surface area (Å²) in [5.74, 6) is 0.969. The van der Waals surface area contributed by atoms with Crippen LogP contribution in [0, 0.1) is 19.8 Å². The number of hydrogen-bond acceptors (Lipinski definition) is 3. The highest BCUT2D eigenvalue weighted by atomic mass is 16.3. The molecule has 2 heterocycles. The average Bonchev–Trinajstić information content (AvgIpc) is 3.11. The fourth-order valence-corrected chi connectivity index (χ4v) is 2.75. The number of amides is 1. The third-order valence-electron chi connectivity index (χ3n) is 4.04. The summed E-state index contributed by atoms with van der Waals surface area (Å²) in [6.07, 6.45) is 3.36. The van der Waals surface area contributed by atoms with Gasteiger partial charge in [-0.3, -0.25) is 9.48 Å². The fraction of sp³-hybridized carbons (Fsp3) is 0.529. The summed E-state index contributed by atoms with van der Waals surface area (Å²) >= 11 is 0. The van der Waals surface area contributed by atoms with E-state index < -0.39 is 0 Å². The van der Waals surface area contributed by atoms with Crippen LogP contribution in [0.2, 0.25) is 0 Å². The van der Waals surface area contributed by atoms with E-state index in [0.29, 0.717) is 6.54 Å². The molecule has 0 aliphatic heterocycles. The predicted molar refractivity (Wildman–Crippen MR) is 85.6 cm³/mol. The van der Waals surface area contributed by atoms with Crippen LogP contribution in [0.4, 0.5) is 0 Å². The Kier molecular flexibility index (Phi) is 5.41. The second kappa shape index (κ2) is 7.29. The highest BCUT2D eigenvalue weighted by Crippen LogP contribution is 2.20. The van der Waals surface area contributed by atoms with Crippen molar-refractivity contribution in [2.45, 2.75) is 46.6 Å². The molecule has 0 saturated carbocycles. The molecule has 120 valence electrons. The van der Waals surface area contributed by atoms with Crippen molar-refractivity contribution in [2.75, 3.05) is 6.54 Å². The molecule has 2 aromatic heterocycles. The van der Waals surface area contributed by atoms with Gasteiger partial charge in [0.25, 0.3) is 0 Å². The number of rotatable bonds is 7. The molecule has 5 nitrogen and oxygen atoms in total. The number of carbonyl (C=O) groups is 1. The van der Waals surface area contributed by atoms with Gasteiger partial charge >= 0.3 is 0 Å². The first kappa shape index (κ1) is 16.3. The second-order valence-corrected chi connectivity index (χ2v) is 5.66. The van der Waals surface area contributed by atoms with Crippen LogP contribution in [-0.2, 0) is 4.79 Å². The van der Waals surface area contributed by atoms with Crippen molar-refractivity contribution in [1.82, 2.24) is 15.1 Å². The van der Waals surface area contributed by atoms with E-state index in [-0.39, 0.29) is 17.9 Å². The summed E-state index contributed by atoms with van der Waals surface area (Å²) in [5, 5.41) is 7.58. The van der Waals surface area contributed by atoms with Crippen molar-refractivity contribution in [2.24, 2.45) is 5.92 Å². The molecule has 2 rings (SSSR count). The summed E-state index contributed by atoms with van der Waals surface area (Å²) in [6, 6.07) is 5.68. The quantitative estimate of drug-likeness (QED) is 0.854. The predicted octanol–water partition coefficient (Wildman–Crippen LogP) is 3.23. The lowest BCUT2D eigenvalue weighted by atomic mass is 10.0. The molecule has 0 radical (unpaired) electrons. The smallest absolute Gasteiger partial charge is 0.223 e. The Bertz CT molecular complexity index is 597. The Hall–Kier alpha value is -2.04. The van der Waals surface area contributed by atoms with E-state index in [1.165, 1.54) is 0 Å². The van der Waals surface area contributed by atoms with Crippen LogP contribution in [0.5, 0.6) is 0 Å². The van der Waals surface area contributed by atoms with Gasteiger partial charge in [0.15, 0.2) is 0 Å². The van der Waals surface area contributed by atoms with E-state index in [2.05, 4.69) is 10.4 Å². The highest BCUT2D eigenvalue weighted by molar-refractivity contribution is 5.78.